The van der Waals surface area contributed by atoms with Crippen LogP contribution in [0.1, 0.15) is 153 Å². The van der Waals surface area contributed by atoms with Crippen LogP contribution in [0.15, 0.2) is 42.0 Å². The number of esters is 7. The minimum absolute atomic E-state index is 0.120. The second-order valence-electron chi connectivity index (χ2n) is 27.3. The first kappa shape index (κ1) is 67.2. The smallest absolute Gasteiger partial charge is 0.303 e. The van der Waals surface area contributed by atoms with Crippen molar-refractivity contribution in [3.8, 4) is 0 Å². The molecule has 0 aromatic heterocycles. The fourth-order valence-corrected chi connectivity index (χ4v) is 17.3. The molecule has 1 aromatic carbocycles. The summed E-state index contributed by atoms with van der Waals surface area (Å²) in [6, 6.07) is 9.01. The summed E-state index contributed by atoms with van der Waals surface area (Å²) >= 11 is 0. The van der Waals surface area contributed by atoms with E-state index < -0.39 is 170 Å². The average molecular weight is 1280 g/mol. The molecular weight excluding hydrogens is 1190 g/mol. The minimum atomic E-state index is -1.82. The summed E-state index contributed by atoms with van der Waals surface area (Å²) in [4.78, 5) is 90.5. The van der Waals surface area contributed by atoms with Gasteiger partial charge in [-0.3, -0.25) is 33.6 Å². The second-order valence-corrected chi connectivity index (χ2v) is 27.3. The zero-order valence-corrected chi connectivity index (χ0v) is 54.0. The standard InChI is InChI=1S/C66H90O25/c1-31-20-25-65(77-28-31)33(3)66(74)49(91-65)27-46-44-19-18-42-26-43(21-23-63(42,11)45(44)22-24-64(46,66)12)85-61-58(90-60-56(83-39(9)72)53(81-37(7)70)50(32(2)78-60)79-35(5)68)55(52-48(86-61)30-76-59(88-52)41-16-14-13-15-17-41)89-62-57(84-40(10)73)54(82-38(8)71)51(80-36(6)69)47(87-62)29-75-34(4)67/h13-18,31-33,43-62,74H,19-30H2,1-12H3/t31-,32+,33-,43+,44?,45?,46?,47-,48-,49?,50+,51-,52-,53-,54+,55+,56-,57-,58-,59-,60+,61-,62+,63+,64+,65-,66-/m1/s1. The van der Waals surface area contributed by atoms with E-state index in [2.05, 4.69) is 33.8 Å². The van der Waals surface area contributed by atoms with Gasteiger partial charge in [-0.2, -0.15) is 0 Å². The monoisotopic (exact) mass is 1280 g/mol. The van der Waals surface area contributed by atoms with Gasteiger partial charge in [0.05, 0.1) is 31.5 Å². The van der Waals surface area contributed by atoms with Crippen LogP contribution in [0.2, 0.25) is 0 Å². The highest BCUT2D eigenvalue weighted by molar-refractivity contribution is 5.70. The van der Waals surface area contributed by atoms with Crippen molar-refractivity contribution in [2.45, 2.75) is 263 Å². The molecule has 11 rings (SSSR count). The van der Waals surface area contributed by atoms with E-state index in [1.807, 2.05) is 6.07 Å². The number of fused-ring (bicyclic) bond motifs is 8. The van der Waals surface area contributed by atoms with Crippen molar-refractivity contribution in [1.82, 2.24) is 0 Å². The number of carbonyl (C=O) groups excluding carboxylic acids is 7. The van der Waals surface area contributed by atoms with Gasteiger partial charge in [-0.1, -0.05) is 69.7 Å². The molecule has 1 aromatic rings. The fraction of sp³-hybridized carbons (Fsp3) is 0.773. The van der Waals surface area contributed by atoms with Crippen molar-refractivity contribution in [2.75, 3.05) is 19.8 Å². The molecule has 6 saturated heterocycles. The maximum atomic E-state index is 13.3. The third-order valence-electron chi connectivity index (χ3n) is 21.4. The van der Waals surface area contributed by atoms with Gasteiger partial charge in [-0.15, -0.1) is 0 Å². The van der Waals surface area contributed by atoms with Crippen LogP contribution in [0.3, 0.4) is 0 Å². The van der Waals surface area contributed by atoms with Crippen molar-refractivity contribution < 1.29 is 119 Å². The van der Waals surface area contributed by atoms with Gasteiger partial charge in [0.25, 0.3) is 0 Å². The van der Waals surface area contributed by atoms with E-state index in [4.69, 9.17) is 80.5 Å². The molecule has 504 valence electrons. The molecule has 25 nitrogen and oxygen atoms in total. The normalized spacial score (nSPS) is 44.8. The molecule has 6 heterocycles. The first-order chi connectivity index (χ1) is 43.1. The number of aliphatic hydroxyl groups is 1. The lowest BCUT2D eigenvalue weighted by Crippen LogP contribution is -2.69. The lowest BCUT2D eigenvalue weighted by atomic mass is 9.46. The molecule has 27 atom stereocenters. The Balaban J connectivity index is 0.963. The summed E-state index contributed by atoms with van der Waals surface area (Å²) in [5.74, 6) is -5.54. The van der Waals surface area contributed by atoms with Crippen LogP contribution < -0.4 is 0 Å². The number of carbonyl (C=O) groups is 7. The summed E-state index contributed by atoms with van der Waals surface area (Å²) < 4.78 is 109. The van der Waals surface area contributed by atoms with Crippen molar-refractivity contribution in [3.63, 3.8) is 0 Å². The van der Waals surface area contributed by atoms with Crippen LogP contribution in [0.5, 0.6) is 0 Å². The molecule has 1 spiro atoms. The maximum absolute atomic E-state index is 13.3. The Morgan fingerprint density at radius 2 is 1.19 bits per heavy atom. The Labute approximate surface area is 529 Å². The molecule has 0 amide bonds. The van der Waals surface area contributed by atoms with Gasteiger partial charge < -0.3 is 85.6 Å². The topological polar surface area (TPSA) is 297 Å². The van der Waals surface area contributed by atoms with Crippen LogP contribution in [0, 0.1) is 40.4 Å². The van der Waals surface area contributed by atoms with E-state index in [1.54, 1.807) is 31.2 Å². The first-order valence-corrected chi connectivity index (χ1v) is 32.3. The third kappa shape index (κ3) is 13.0. The predicted molar refractivity (Wildman–Crippen MR) is 309 cm³/mol. The van der Waals surface area contributed by atoms with Crippen LogP contribution in [0.4, 0.5) is 0 Å². The van der Waals surface area contributed by atoms with E-state index in [0.29, 0.717) is 36.8 Å². The van der Waals surface area contributed by atoms with Gasteiger partial charge in [-0.05, 0) is 87.4 Å². The summed E-state index contributed by atoms with van der Waals surface area (Å²) in [5, 5.41) is 13.1. The van der Waals surface area contributed by atoms with E-state index in [-0.39, 0.29) is 35.9 Å². The fourth-order valence-electron chi connectivity index (χ4n) is 17.3. The zero-order valence-electron chi connectivity index (χ0n) is 54.0. The number of hydrogen-bond acceptors (Lipinski definition) is 25. The SMILES string of the molecule is CC(=O)OC[C@H]1O[C@@H](O[C@@H]2[C@@H](O[C@@H]3O[C@@H](C)[C@H](OC(C)=O)[C@@H](OC(C)=O)[C@H]3OC(C)=O)[C@H](O[C@H]3CC[C@@]4(C)C(=CCC5C4CC[C@@]4(C)C5CC5O[C@]6(CC[C@@H](C)CO6)[C@@H](C)[C@@]54O)C3)O[C@@H]3CO[C@@H](c4ccccc4)O[C@@H]23)[C@H](OC(C)=O)[C@@H](OC(C)=O)[C@@H]1OC(C)=O. The van der Waals surface area contributed by atoms with Gasteiger partial charge in [0.2, 0.25) is 0 Å². The average Bonchev–Trinajstić information content (AvgIpc) is 1.52. The van der Waals surface area contributed by atoms with Crippen LogP contribution >= 0.6 is 0 Å². The summed E-state index contributed by atoms with van der Waals surface area (Å²) in [5.41, 5.74) is 0.153. The molecule has 6 aliphatic heterocycles. The van der Waals surface area contributed by atoms with Crippen molar-refractivity contribution >= 4 is 41.8 Å². The molecule has 1 N–H and O–H groups in total. The molecule has 9 fully saturated rings. The van der Waals surface area contributed by atoms with Gasteiger partial charge in [-0.25, -0.2) is 0 Å². The van der Waals surface area contributed by atoms with Crippen LogP contribution in [-0.4, -0.2) is 182 Å². The molecule has 4 unspecified atom stereocenters. The highest BCUT2D eigenvalue weighted by Crippen LogP contribution is 2.72. The van der Waals surface area contributed by atoms with Crippen molar-refractivity contribution in [3.05, 3.63) is 47.5 Å². The maximum Gasteiger partial charge on any atom is 0.303 e. The van der Waals surface area contributed by atoms with Crippen LogP contribution in [-0.2, 0) is 114 Å². The number of allylic oxidation sites excluding steroid dienone is 1. The molecule has 25 heteroatoms. The van der Waals surface area contributed by atoms with Gasteiger partial charge in [0, 0.05) is 71.8 Å². The Morgan fingerprint density at radius 1 is 0.593 bits per heavy atom. The number of benzene rings is 1. The molecular formula is C66H90O25. The molecule has 0 radical (unpaired) electrons. The Bertz CT molecular complexity index is 2890. The van der Waals surface area contributed by atoms with E-state index in [1.165, 1.54) is 5.57 Å². The van der Waals surface area contributed by atoms with E-state index in [0.717, 1.165) is 93.4 Å². The highest BCUT2D eigenvalue weighted by atomic mass is 16.8. The summed E-state index contributed by atoms with van der Waals surface area (Å²) in [6.07, 6.45) is -15.1. The van der Waals surface area contributed by atoms with Crippen molar-refractivity contribution in [1.29, 1.82) is 0 Å². The number of hydrogen-bond donors (Lipinski definition) is 1. The largest absolute Gasteiger partial charge is 0.463 e. The Hall–Kier alpha value is -5.19. The molecule has 0 bridgehead atoms. The molecule has 4 aliphatic carbocycles. The molecule has 3 saturated carbocycles. The third-order valence-corrected chi connectivity index (χ3v) is 21.4. The number of ether oxygens (including phenoxy) is 17. The molecule has 10 aliphatic rings. The van der Waals surface area contributed by atoms with Gasteiger partial charge >= 0.3 is 41.8 Å². The zero-order chi connectivity index (χ0) is 65.2. The van der Waals surface area contributed by atoms with Gasteiger partial charge in [0.1, 0.15) is 42.7 Å². The predicted octanol–water partition coefficient (Wildman–Crippen LogP) is 6.09. The van der Waals surface area contributed by atoms with Gasteiger partial charge in [0.15, 0.2) is 67.6 Å². The van der Waals surface area contributed by atoms with Crippen LogP contribution in [0.25, 0.3) is 0 Å². The lowest BCUT2D eigenvalue weighted by molar-refractivity contribution is -0.417. The highest BCUT2D eigenvalue weighted by Gasteiger charge is 2.76. The summed E-state index contributed by atoms with van der Waals surface area (Å²) in [7, 11) is 0. The van der Waals surface area contributed by atoms with Crippen molar-refractivity contribution in [2.24, 2.45) is 40.4 Å². The first-order valence-electron chi connectivity index (χ1n) is 32.3. The minimum Gasteiger partial charge on any atom is -0.463 e. The van der Waals surface area contributed by atoms with E-state index >= 15 is 0 Å². The Morgan fingerprint density at radius 3 is 1.81 bits per heavy atom. The quantitative estimate of drug-likeness (QED) is 0.118. The summed E-state index contributed by atoms with van der Waals surface area (Å²) in [6.45, 7) is 18.3. The number of rotatable bonds is 15. The second kappa shape index (κ2) is 26.5. The molecule has 91 heavy (non-hydrogen) atoms. The van der Waals surface area contributed by atoms with E-state index in [9.17, 15) is 38.7 Å². The Kier molecular flexibility index (Phi) is 19.6. The lowest BCUT2D eigenvalue weighted by Gasteiger charge is -2.60.